The van der Waals surface area contributed by atoms with Gasteiger partial charge in [0.15, 0.2) is 0 Å². The first-order valence-corrected chi connectivity index (χ1v) is 8.76. The van der Waals surface area contributed by atoms with Crippen molar-refractivity contribution in [3.8, 4) is 0 Å². The number of nitrogens with zero attached hydrogens (tertiary/aromatic N) is 1. The number of carbonyl (C=O) groups excluding carboxylic acids is 1. The van der Waals surface area contributed by atoms with Gasteiger partial charge in [-0.15, -0.1) is 0 Å². The zero-order valence-electron chi connectivity index (χ0n) is 14.2. The highest BCUT2D eigenvalue weighted by Crippen LogP contribution is 2.54. The molecule has 1 aromatic carbocycles. The van der Waals surface area contributed by atoms with Crippen LogP contribution in [0.2, 0.25) is 0 Å². The van der Waals surface area contributed by atoms with Crippen LogP contribution >= 0.6 is 0 Å². The minimum absolute atomic E-state index is 0.300. The number of hydrogen-bond donors (Lipinski definition) is 2. The van der Waals surface area contributed by atoms with Crippen molar-refractivity contribution in [2.45, 2.75) is 55.1 Å². The molecule has 0 radical (unpaired) electrons. The number of hydrogen-bond acceptors (Lipinski definition) is 5. The highest BCUT2D eigenvalue weighted by molar-refractivity contribution is 5.84. The number of carboxylic acid groups (broad SMARTS) is 1. The van der Waals surface area contributed by atoms with E-state index in [4.69, 9.17) is 0 Å². The molecule has 0 bridgehead atoms. The maximum absolute atomic E-state index is 12.6. The molecule has 1 saturated carbocycles. The second-order valence-electron chi connectivity index (χ2n) is 7.48. The molecule has 1 aliphatic heterocycles. The first kappa shape index (κ1) is 17.4. The van der Waals surface area contributed by atoms with Crippen LogP contribution in [0, 0.1) is 0 Å². The summed E-state index contributed by atoms with van der Waals surface area (Å²) in [5.74, 6) is -1.37. The molecular weight excluding hydrogens is 306 g/mol. The SMILES string of the molecule is CN1CCC(O)(C(C(=O)[O-])(c2ccccc2)C2(O)CCCC2)CC1. The zero-order chi connectivity index (χ0) is 17.4. The minimum atomic E-state index is -1.81. The van der Waals surface area contributed by atoms with Crippen molar-refractivity contribution in [2.75, 3.05) is 20.1 Å². The molecule has 1 aliphatic carbocycles. The van der Waals surface area contributed by atoms with Gasteiger partial charge in [0.25, 0.3) is 0 Å². The molecule has 2 fully saturated rings. The molecule has 2 N–H and O–H groups in total. The Morgan fingerprint density at radius 2 is 1.54 bits per heavy atom. The van der Waals surface area contributed by atoms with Gasteiger partial charge in [0.1, 0.15) is 0 Å². The van der Waals surface area contributed by atoms with Gasteiger partial charge in [-0.05, 0) is 38.3 Å². The maximum atomic E-state index is 12.6. The summed E-state index contributed by atoms with van der Waals surface area (Å²) < 4.78 is 0. The van der Waals surface area contributed by atoms with Crippen LogP contribution in [0.15, 0.2) is 30.3 Å². The highest BCUT2D eigenvalue weighted by Gasteiger charge is 2.64. The Kier molecular flexibility index (Phi) is 4.45. The summed E-state index contributed by atoms with van der Waals surface area (Å²) >= 11 is 0. The number of piperidine rings is 1. The fourth-order valence-electron chi connectivity index (χ4n) is 4.85. The van der Waals surface area contributed by atoms with Gasteiger partial charge in [0.2, 0.25) is 0 Å². The molecule has 0 aromatic heterocycles. The predicted octanol–water partition coefficient (Wildman–Crippen LogP) is 0.436. The van der Waals surface area contributed by atoms with Gasteiger partial charge < -0.3 is 25.0 Å². The number of aliphatic hydroxyl groups is 2. The topological polar surface area (TPSA) is 83.8 Å². The van der Waals surface area contributed by atoms with E-state index in [0.717, 1.165) is 12.8 Å². The molecule has 24 heavy (non-hydrogen) atoms. The van der Waals surface area contributed by atoms with Crippen molar-refractivity contribution in [2.24, 2.45) is 0 Å². The number of carbonyl (C=O) groups is 1. The van der Waals surface area contributed by atoms with Crippen molar-refractivity contribution in [1.29, 1.82) is 0 Å². The molecule has 1 heterocycles. The first-order valence-electron chi connectivity index (χ1n) is 8.76. The van der Waals surface area contributed by atoms with E-state index in [9.17, 15) is 20.1 Å². The first-order chi connectivity index (χ1) is 11.4. The molecule has 1 saturated heterocycles. The van der Waals surface area contributed by atoms with Crippen molar-refractivity contribution >= 4 is 5.97 Å². The molecule has 0 spiro atoms. The van der Waals surface area contributed by atoms with E-state index in [1.807, 2.05) is 7.05 Å². The molecule has 1 atom stereocenters. The van der Waals surface area contributed by atoms with Gasteiger partial charge in [-0.1, -0.05) is 43.2 Å². The quantitative estimate of drug-likeness (QED) is 0.836. The van der Waals surface area contributed by atoms with E-state index in [-0.39, 0.29) is 0 Å². The van der Waals surface area contributed by atoms with Gasteiger partial charge in [-0.2, -0.15) is 0 Å². The number of aliphatic carboxylic acids is 1. The Balaban J connectivity index is 2.21. The van der Waals surface area contributed by atoms with Crippen LogP contribution in [0.1, 0.15) is 44.1 Å². The van der Waals surface area contributed by atoms with Crippen LogP contribution in [-0.2, 0) is 10.2 Å². The van der Waals surface area contributed by atoms with E-state index in [0.29, 0.717) is 44.3 Å². The number of carboxylic acids is 1. The van der Waals surface area contributed by atoms with Crippen molar-refractivity contribution < 1.29 is 20.1 Å². The summed E-state index contributed by atoms with van der Waals surface area (Å²) in [6, 6.07) is 8.71. The lowest BCUT2D eigenvalue weighted by Crippen LogP contribution is -2.73. The smallest absolute Gasteiger partial charge is 0.0922 e. The molecule has 1 unspecified atom stereocenters. The van der Waals surface area contributed by atoms with Gasteiger partial charge in [0.05, 0.1) is 22.6 Å². The number of rotatable bonds is 4. The maximum Gasteiger partial charge on any atom is 0.0922 e. The minimum Gasteiger partial charge on any atom is -0.549 e. The average molecular weight is 332 g/mol. The normalized spacial score (nSPS) is 26.0. The lowest BCUT2D eigenvalue weighted by Gasteiger charge is -2.57. The van der Waals surface area contributed by atoms with Crippen molar-refractivity contribution in [3.05, 3.63) is 35.9 Å². The summed E-state index contributed by atoms with van der Waals surface area (Å²) in [7, 11) is 1.95. The lowest BCUT2D eigenvalue weighted by molar-refractivity contribution is -0.332. The fraction of sp³-hybridized carbons (Fsp3) is 0.632. The average Bonchev–Trinajstić information content (AvgIpc) is 2.99. The Morgan fingerprint density at radius 1 is 1.04 bits per heavy atom. The molecular formula is C19H26NO4-. The third-order valence-corrected chi connectivity index (χ3v) is 6.15. The largest absolute Gasteiger partial charge is 0.549 e. The molecule has 1 aromatic rings. The molecule has 3 rings (SSSR count). The van der Waals surface area contributed by atoms with Gasteiger partial charge in [-0.25, -0.2) is 0 Å². The number of likely N-dealkylation sites (tertiary alicyclic amines) is 1. The standard InChI is InChI=1S/C19H27NO4/c1-20-13-11-18(24,12-14-20)19(16(21)22,15-7-3-2-4-8-15)17(23)9-5-6-10-17/h2-4,7-8,23-24H,5-6,9-14H2,1H3,(H,21,22)/p-1. The molecule has 5 nitrogen and oxygen atoms in total. The van der Waals surface area contributed by atoms with E-state index in [1.165, 1.54) is 0 Å². The molecule has 0 amide bonds. The fourth-order valence-corrected chi connectivity index (χ4v) is 4.85. The Morgan fingerprint density at radius 3 is 2.04 bits per heavy atom. The van der Waals surface area contributed by atoms with Crippen LogP contribution in [0.3, 0.4) is 0 Å². The van der Waals surface area contributed by atoms with Crippen LogP contribution in [0.4, 0.5) is 0 Å². The summed E-state index contributed by atoms with van der Waals surface area (Å²) in [6.45, 7) is 1.18. The van der Waals surface area contributed by atoms with Gasteiger partial charge in [-0.3, -0.25) is 0 Å². The Labute approximate surface area is 142 Å². The zero-order valence-corrected chi connectivity index (χ0v) is 14.2. The predicted molar refractivity (Wildman–Crippen MR) is 88.2 cm³/mol. The summed E-state index contributed by atoms with van der Waals surface area (Å²) in [5, 5.41) is 35.5. The Bertz CT molecular complexity index is 589. The van der Waals surface area contributed by atoms with Crippen LogP contribution in [-0.4, -0.2) is 52.4 Å². The summed E-state index contributed by atoms with van der Waals surface area (Å²) in [6.07, 6.45) is 2.86. The van der Waals surface area contributed by atoms with E-state index >= 15 is 0 Å². The van der Waals surface area contributed by atoms with Crippen LogP contribution in [0.5, 0.6) is 0 Å². The summed E-state index contributed by atoms with van der Waals surface area (Å²) in [4.78, 5) is 14.6. The molecule has 5 heteroatoms. The highest BCUT2D eigenvalue weighted by atomic mass is 16.4. The van der Waals surface area contributed by atoms with Gasteiger partial charge in [0, 0.05) is 13.1 Å². The van der Waals surface area contributed by atoms with E-state index in [1.54, 1.807) is 30.3 Å². The van der Waals surface area contributed by atoms with Crippen LogP contribution in [0.25, 0.3) is 0 Å². The van der Waals surface area contributed by atoms with Gasteiger partial charge >= 0.3 is 0 Å². The Hall–Kier alpha value is -1.43. The molecule has 2 aliphatic rings. The van der Waals surface area contributed by atoms with E-state index in [2.05, 4.69) is 4.90 Å². The third-order valence-electron chi connectivity index (χ3n) is 6.15. The van der Waals surface area contributed by atoms with E-state index < -0.39 is 22.6 Å². The van der Waals surface area contributed by atoms with Crippen LogP contribution < -0.4 is 5.11 Å². The second kappa shape index (κ2) is 6.14. The summed E-state index contributed by atoms with van der Waals surface area (Å²) in [5.41, 5.74) is -4.38. The third kappa shape index (κ3) is 2.38. The monoisotopic (exact) mass is 332 g/mol. The number of benzene rings is 1. The van der Waals surface area contributed by atoms with Crippen molar-refractivity contribution in [1.82, 2.24) is 4.90 Å². The lowest BCUT2D eigenvalue weighted by atomic mass is 9.54. The second-order valence-corrected chi connectivity index (χ2v) is 7.48. The van der Waals surface area contributed by atoms with Crippen molar-refractivity contribution in [3.63, 3.8) is 0 Å². The molecule has 132 valence electrons.